The molecule has 1 aromatic heterocycles. The third-order valence-corrected chi connectivity index (χ3v) is 3.20. The SMILES string of the molecule is Cc1ccc([N+](=O)[O-])cc1-n1nnc(C(=O)O)c1CC(C)C. The van der Waals surface area contributed by atoms with Crippen LogP contribution in [-0.2, 0) is 6.42 Å². The lowest BCUT2D eigenvalue weighted by Crippen LogP contribution is -2.11. The highest BCUT2D eigenvalue weighted by molar-refractivity contribution is 5.86. The van der Waals surface area contributed by atoms with Gasteiger partial charge in [0.25, 0.3) is 5.69 Å². The number of nitro groups is 1. The van der Waals surface area contributed by atoms with Crippen LogP contribution in [0.1, 0.15) is 35.6 Å². The van der Waals surface area contributed by atoms with Gasteiger partial charge in [-0.1, -0.05) is 25.1 Å². The van der Waals surface area contributed by atoms with E-state index in [0.717, 1.165) is 5.56 Å². The monoisotopic (exact) mass is 304 g/mol. The van der Waals surface area contributed by atoms with Crippen LogP contribution >= 0.6 is 0 Å². The summed E-state index contributed by atoms with van der Waals surface area (Å²) in [4.78, 5) is 21.7. The highest BCUT2D eigenvalue weighted by atomic mass is 16.6. The molecule has 0 bridgehead atoms. The van der Waals surface area contributed by atoms with Crippen molar-refractivity contribution in [3.8, 4) is 5.69 Å². The maximum absolute atomic E-state index is 11.3. The summed E-state index contributed by atoms with van der Waals surface area (Å²) in [6, 6.07) is 4.38. The Labute approximate surface area is 126 Å². The molecule has 1 aromatic carbocycles. The van der Waals surface area contributed by atoms with Gasteiger partial charge >= 0.3 is 5.97 Å². The van der Waals surface area contributed by atoms with Crippen molar-refractivity contribution in [1.82, 2.24) is 15.0 Å². The molecule has 116 valence electrons. The van der Waals surface area contributed by atoms with E-state index < -0.39 is 10.9 Å². The van der Waals surface area contributed by atoms with Gasteiger partial charge < -0.3 is 5.11 Å². The van der Waals surface area contributed by atoms with Crippen molar-refractivity contribution in [2.24, 2.45) is 5.92 Å². The summed E-state index contributed by atoms with van der Waals surface area (Å²) in [5.41, 5.74) is 1.44. The van der Waals surface area contributed by atoms with Crippen LogP contribution < -0.4 is 0 Å². The Morgan fingerprint density at radius 1 is 1.45 bits per heavy atom. The van der Waals surface area contributed by atoms with E-state index in [0.29, 0.717) is 17.8 Å². The minimum atomic E-state index is -1.16. The molecular formula is C14H16N4O4. The normalized spacial score (nSPS) is 10.9. The van der Waals surface area contributed by atoms with Crippen LogP contribution in [0.3, 0.4) is 0 Å². The van der Waals surface area contributed by atoms with Gasteiger partial charge in [-0.3, -0.25) is 10.1 Å². The smallest absolute Gasteiger partial charge is 0.358 e. The van der Waals surface area contributed by atoms with E-state index in [1.807, 2.05) is 13.8 Å². The number of aromatic nitrogens is 3. The largest absolute Gasteiger partial charge is 0.476 e. The number of non-ortho nitro benzene ring substituents is 1. The van der Waals surface area contributed by atoms with Gasteiger partial charge in [0.15, 0.2) is 5.69 Å². The van der Waals surface area contributed by atoms with Crippen molar-refractivity contribution in [3.05, 3.63) is 45.3 Å². The number of nitro benzene ring substituents is 1. The lowest BCUT2D eigenvalue weighted by Gasteiger charge is -2.11. The Hall–Kier alpha value is -2.77. The van der Waals surface area contributed by atoms with Crippen molar-refractivity contribution >= 4 is 11.7 Å². The molecule has 0 spiro atoms. The van der Waals surface area contributed by atoms with Crippen molar-refractivity contribution in [2.75, 3.05) is 0 Å². The minimum absolute atomic E-state index is 0.0801. The summed E-state index contributed by atoms with van der Waals surface area (Å²) in [5.74, 6) is -0.973. The first-order valence-electron chi connectivity index (χ1n) is 6.74. The number of hydrogen-bond donors (Lipinski definition) is 1. The number of benzene rings is 1. The summed E-state index contributed by atoms with van der Waals surface area (Å²) in [5, 5.41) is 27.8. The number of carbonyl (C=O) groups is 1. The molecule has 1 N–H and O–H groups in total. The number of carboxylic acids is 1. The molecule has 2 rings (SSSR count). The average Bonchev–Trinajstić information content (AvgIpc) is 2.81. The quantitative estimate of drug-likeness (QED) is 0.670. The fourth-order valence-corrected chi connectivity index (χ4v) is 2.17. The van der Waals surface area contributed by atoms with Crippen LogP contribution in [0.15, 0.2) is 18.2 Å². The molecule has 1 heterocycles. The van der Waals surface area contributed by atoms with Crippen molar-refractivity contribution in [3.63, 3.8) is 0 Å². The number of carboxylic acid groups (broad SMARTS) is 1. The number of aryl methyl sites for hydroxylation is 1. The molecule has 0 amide bonds. The van der Waals surface area contributed by atoms with Crippen LogP contribution in [0.5, 0.6) is 0 Å². The summed E-state index contributed by atoms with van der Waals surface area (Å²) in [7, 11) is 0. The van der Waals surface area contributed by atoms with Gasteiger partial charge in [0, 0.05) is 12.1 Å². The Morgan fingerprint density at radius 2 is 2.14 bits per heavy atom. The molecule has 8 heteroatoms. The lowest BCUT2D eigenvalue weighted by molar-refractivity contribution is -0.384. The van der Waals surface area contributed by atoms with E-state index in [1.54, 1.807) is 13.0 Å². The zero-order chi connectivity index (χ0) is 16.4. The van der Waals surface area contributed by atoms with Gasteiger partial charge in [0.1, 0.15) is 0 Å². The van der Waals surface area contributed by atoms with Crippen LogP contribution in [0.2, 0.25) is 0 Å². The highest BCUT2D eigenvalue weighted by Crippen LogP contribution is 2.23. The first-order valence-corrected chi connectivity index (χ1v) is 6.74. The van der Waals surface area contributed by atoms with E-state index in [2.05, 4.69) is 10.3 Å². The van der Waals surface area contributed by atoms with Crippen LogP contribution in [0.25, 0.3) is 5.69 Å². The van der Waals surface area contributed by atoms with Crippen LogP contribution in [0, 0.1) is 23.0 Å². The number of hydrogen-bond acceptors (Lipinski definition) is 5. The van der Waals surface area contributed by atoms with Gasteiger partial charge in [-0.15, -0.1) is 5.10 Å². The van der Waals surface area contributed by atoms with Crippen LogP contribution in [0.4, 0.5) is 5.69 Å². The Morgan fingerprint density at radius 3 is 2.68 bits per heavy atom. The van der Waals surface area contributed by atoms with Crippen LogP contribution in [-0.4, -0.2) is 31.0 Å². The van der Waals surface area contributed by atoms with E-state index >= 15 is 0 Å². The Bertz CT molecular complexity index is 736. The predicted molar refractivity (Wildman–Crippen MR) is 78.3 cm³/mol. The summed E-state index contributed by atoms with van der Waals surface area (Å²) >= 11 is 0. The summed E-state index contributed by atoms with van der Waals surface area (Å²) < 4.78 is 1.38. The topological polar surface area (TPSA) is 111 Å². The van der Waals surface area contributed by atoms with Gasteiger partial charge in [-0.2, -0.15) is 0 Å². The molecule has 0 atom stereocenters. The molecule has 22 heavy (non-hydrogen) atoms. The zero-order valence-electron chi connectivity index (χ0n) is 12.5. The molecule has 0 saturated heterocycles. The molecule has 2 aromatic rings. The predicted octanol–water partition coefficient (Wildman–Crippen LogP) is 2.38. The molecule has 0 saturated carbocycles. The number of rotatable bonds is 5. The van der Waals surface area contributed by atoms with Gasteiger partial charge in [0.05, 0.1) is 16.3 Å². The van der Waals surface area contributed by atoms with Gasteiger partial charge in [-0.05, 0) is 24.8 Å². The first kappa shape index (κ1) is 15.6. The number of aromatic carboxylic acids is 1. The second kappa shape index (κ2) is 5.92. The second-order valence-corrected chi connectivity index (χ2v) is 5.43. The molecule has 8 nitrogen and oxygen atoms in total. The van der Waals surface area contributed by atoms with E-state index in [4.69, 9.17) is 0 Å². The Kier molecular flexibility index (Phi) is 4.20. The third kappa shape index (κ3) is 2.95. The minimum Gasteiger partial charge on any atom is -0.476 e. The zero-order valence-corrected chi connectivity index (χ0v) is 12.5. The molecule has 0 aliphatic carbocycles. The molecule has 0 aliphatic heterocycles. The molecular weight excluding hydrogens is 288 g/mol. The van der Waals surface area contributed by atoms with Gasteiger partial charge in [-0.25, -0.2) is 9.48 Å². The third-order valence-electron chi connectivity index (χ3n) is 3.20. The molecule has 0 radical (unpaired) electrons. The van der Waals surface area contributed by atoms with E-state index in [-0.39, 0.29) is 17.3 Å². The summed E-state index contributed by atoms with van der Waals surface area (Å²) in [6.07, 6.45) is 0.455. The number of nitrogens with zero attached hydrogens (tertiary/aromatic N) is 4. The average molecular weight is 304 g/mol. The second-order valence-electron chi connectivity index (χ2n) is 5.43. The fraction of sp³-hybridized carbons (Fsp3) is 0.357. The highest BCUT2D eigenvalue weighted by Gasteiger charge is 2.22. The molecule has 0 fully saturated rings. The van der Waals surface area contributed by atoms with E-state index in [9.17, 15) is 20.0 Å². The standard InChI is InChI=1S/C14H16N4O4/c1-8(2)6-12-13(14(19)20)15-16-17(12)11-7-10(18(21)22)5-4-9(11)3/h4-5,7-8H,6H2,1-3H3,(H,19,20). The van der Waals surface area contributed by atoms with Crippen molar-refractivity contribution in [2.45, 2.75) is 27.2 Å². The first-order chi connectivity index (χ1) is 10.3. The molecule has 0 aliphatic rings. The van der Waals surface area contributed by atoms with E-state index in [1.165, 1.54) is 16.8 Å². The van der Waals surface area contributed by atoms with Crippen molar-refractivity contribution < 1.29 is 14.8 Å². The Balaban J connectivity index is 2.64. The maximum atomic E-state index is 11.3. The maximum Gasteiger partial charge on any atom is 0.358 e. The molecule has 0 unspecified atom stereocenters. The van der Waals surface area contributed by atoms with Crippen molar-refractivity contribution in [1.29, 1.82) is 0 Å². The lowest BCUT2D eigenvalue weighted by atomic mass is 10.1. The van der Waals surface area contributed by atoms with Gasteiger partial charge in [0.2, 0.25) is 0 Å². The fourth-order valence-electron chi connectivity index (χ4n) is 2.17. The summed E-state index contributed by atoms with van der Waals surface area (Å²) in [6.45, 7) is 5.67.